The maximum atomic E-state index is 12.6. The standard InChI is InChI=1S/C17H17F3N4O2/c1-23(2)16(26)14-12-9-24(8-7-13(12)21-22-14)15(25)10-3-5-11(6-4-10)17(18,19)20/h3-6H,7-9H2,1-2H3,(H,21,22). The zero-order valence-electron chi connectivity index (χ0n) is 14.2. The summed E-state index contributed by atoms with van der Waals surface area (Å²) in [6, 6.07) is 4.12. The Hall–Kier alpha value is -2.84. The normalized spacial score (nSPS) is 14.1. The molecule has 0 radical (unpaired) electrons. The predicted octanol–water partition coefficient (Wildman–Crippen LogP) is 2.33. The number of H-pyrrole nitrogens is 1. The molecule has 0 bridgehead atoms. The number of fused-ring (bicyclic) bond motifs is 1. The van der Waals surface area contributed by atoms with Gasteiger partial charge in [0.15, 0.2) is 5.69 Å². The van der Waals surface area contributed by atoms with Crippen LogP contribution in [0.25, 0.3) is 0 Å². The molecule has 0 saturated carbocycles. The lowest BCUT2D eigenvalue weighted by molar-refractivity contribution is -0.137. The van der Waals surface area contributed by atoms with Crippen molar-refractivity contribution in [3.8, 4) is 0 Å². The quantitative estimate of drug-likeness (QED) is 0.887. The number of amides is 2. The first-order chi connectivity index (χ1) is 12.2. The average Bonchev–Trinajstić information content (AvgIpc) is 3.02. The molecule has 1 aliphatic heterocycles. The van der Waals surface area contributed by atoms with Crippen LogP contribution in [0.3, 0.4) is 0 Å². The van der Waals surface area contributed by atoms with Gasteiger partial charge < -0.3 is 9.80 Å². The Morgan fingerprint density at radius 2 is 1.85 bits per heavy atom. The van der Waals surface area contributed by atoms with Gasteiger partial charge in [-0.2, -0.15) is 18.3 Å². The summed E-state index contributed by atoms with van der Waals surface area (Å²) >= 11 is 0. The molecule has 6 nitrogen and oxygen atoms in total. The van der Waals surface area contributed by atoms with Crippen LogP contribution in [0.4, 0.5) is 13.2 Å². The van der Waals surface area contributed by atoms with Crippen molar-refractivity contribution < 1.29 is 22.8 Å². The number of hydrogen-bond donors (Lipinski definition) is 1. The monoisotopic (exact) mass is 366 g/mol. The molecular formula is C17H17F3N4O2. The smallest absolute Gasteiger partial charge is 0.343 e. The lowest BCUT2D eigenvalue weighted by Gasteiger charge is -2.27. The lowest BCUT2D eigenvalue weighted by atomic mass is 10.0. The summed E-state index contributed by atoms with van der Waals surface area (Å²) in [5.41, 5.74) is 1.07. The fourth-order valence-corrected chi connectivity index (χ4v) is 2.84. The molecule has 2 aromatic rings. The van der Waals surface area contributed by atoms with Gasteiger partial charge in [0, 0.05) is 43.9 Å². The average molecular weight is 366 g/mol. The van der Waals surface area contributed by atoms with E-state index in [2.05, 4.69) is 10.2 Å². The zero-order chi connectivity index (χ0) is 19.1. The van der Waals surface area contributed by atoms with Crippen LogP contribution in [0.2, 0.25) is 0 Å². The molecule has 1 aliphatic rings. The number of carbonyl (C=O) groups excluding carboxylic acids is 2. The largest absolute Gasteiger partial charge is 0.416 e. The van der Waals surface area contributed by atoms with Crippen molar-refractivity contribution in [3.05, 3.63) is 52.3 Å². The number of rotatable bonds is 2. The molecule has 1 aromatic carbocycles. The molecule has 1 N–H and O–H groups in total. The van der Waals surface area contributed by atoms with Gasteiger partial charge in [-0.25, -0.2) is 0 Å². The molecule has 0 unspecified atom stereocenters. The van der Waals surface area contributed by atoms with Crippen LogP contribution in [-0.4, -0.2) is 52.5 Å². The molecule has 26 heavy (non-hydrogen) atoms. The van der Waals surface area contributed by atoms with Gasteiger partial charge in [0.2, 0.25) is 0 Å². The third kappa shape index (κ3) is 3.29. The molecule has 3 rings (SSSR count). The number of nitrogens with one attached hydrogen (secondary N) is 1. The Bertz CT molecular complexity index is 841. The third-order valence-corrected chi connectivity index (χ3v) is 4.29. The van der Waals surface area contributed by atoms with Crippen LogP contribution in [0.1, 0.15) is 37.7 Å². The van der Waals surface area contributed by atoms with Crippen molar-refractivity contribution in [1.29, 1.82) is 0 Å². The van der Waals surface area contributed by atoms with Crippen LogP contribution >= 0.6 is 0 Å². The van der Waals surface area contributed by atoms with E-state index in [9.17, 15) is 22.8 Å². The summed E-state index contributed by atoms with van der Waals surface area (Å²) < 4.78 is 37.9. The molecule has 9 heteroatoms. The molecule has 138 valence electrons. The molecule has 0 aliphatic carbocycles. The van der Waals surface area contributed by atoms with Crippen molar-refractivity contribution >= 4 is 11.8 Å². The van der Waals surface area contributed by atoms with Crippen molar-refractivity contribution in [2.75, 3.05) is 20.6 Å². The van der Waals surface area contributed by atoms with Crippen molar-refractivity contribution in [3.63, 3.8) is 0 Å². The van der Waals surface area contributed by atoms with E-state index in [1.807, 2.05) is 0 Å². The second-order valence-electron chi connectivity index (χ2n) is 6.28. The maximum absolute atomic E-state index is 12.6. The van der Waals surface area contributed by atoms with E-state index in [1.165, 1.54) is 21.9 Å². The van der Waals surface area contributed by atoms with Gasteiger partial charge in [-0.15, -0.1) is 0 Å². The van der Waals surface area contributed by atoms with Crippen LogP contribution < -0.4 is 0 Å². The van der Waals surface area contributed by atoms with Gasteiger partial charge in [-0.05, 0) is 24.3 Å². The lowest BCUT2D eigenvalue weighted by Crippen LogP contribution is -2.36. The Balaban J connectivity index is 1.81. The molecule has 0 saturated heterocycles. The highest BCUT2D eigenvalue weighted by Crippen LogP contribution is 2.29. The van der Waals surface area contributed by atoms with Crippen LogP contribution in [-0.2, 0) is 19.1 Å². The summed E-state index contributed by atoms with van der Waals surface area (Å²) in [5, 5.41) is 6.87. The molecule has 2 heterocycles. The first kappa shape index (κ1) is 18.0. The fourth-order valence-electron chi connectivity index (χ4n) is 2.84. The first-order valence-corrected chi connectivity index (χ1v) is 7.92. The minimum atomic E-state index is -4.44. The summed E-state index contributed by atoms with van der Waals surface area (Å²) in [6.45, 7) is 0.575. The van der Waals surface area contributed by atoms with E-state index in [-0.39, 0.29) is 29.6 Å². The summed E-state index contributed by atoms with van der Waals surface area (Å²) in [6.07, 6.45) is -3.95. The molecule has 0 atom stereocenters. The number of halogens is 3. The topological polar surface area (TPSA) is 69.3 Å². The highest BCUT2D eigenvalue weighted by atomic mass is 19.4. The van der Waals surface area contributed by atoms with Gasteiger partial charge in [-0.1, -0.05) is 0 Å². The van der Waals surface area contributed by atoms with Crippen LogP contribution in [0.5, 0.6) is 0 Å². The minimum Gasteiger partial charge on any atom is -0.343 e. The summed E-state index contributed by atoms with van der Waals surface area (Å²) in [4.78, 5) is 27.7. The van der Waals surface area contributed by atoms with Crippen molar-refractivity contribution in [2.24, 2.45) is 0 Å². The van der Waals surface area contributed by atoms with Crippen LogP contribution in [0, 0.1) is 0 Å². The zero-order valence-corrected chi connectivity index (χ0v) is 14.2. The number of alkyl halides is 3. The number of benzene rings is 1. The van der Waals surface area contributed by atoms with E-state index in [0.717, 1.165) is 17.8 Å². The number of nitrogens with zero attached hydrogens (tertiary/aromatic N) is 3. The maximum Gasteiger partial charge on any atom is 0.416 e. The van der Waals surface area contributed by atoms with Gasteiger partial charge in [0.05, 0.1) is 12.1 Å². The number of carbonyl (C=O) groups is 2. The minimum absolute atomic E-state index is 0.172. The Morgan fingerprint density at radius 1 is 1.19 bits per heavy atom. The molecule has 1 aromatic heterocycles. The summed E-state index contributed by atoms with van der Waals surface area (Å²) in [7, 11) is 3.22. The fraction of sp³-hybridized carbons (Fsp3) is 0.353. The Morgan fingerprint density at radius 3 is 2.42 bits per heavy atom. The van der Waals surface area contributed by atoms with Crippen molar-refractivity contribution in [2.45, 2.75) is 19.1 Å². The Kier molecular flexibility index (Phi) is 4.47. The number of aromatic nitrogens is 2. The summed E-state index contributed by atoms with van der Waals surface area (Å²) in [5.74, 6) is -0.653. The van der Waals surface area contributed by atoms with Gasteiger partial charge in [0.25, 0.3) is 11.8 Å². The van der Waals surface area contributed by atoms with E-state index in [0.29, 0.717) is 18.5 Å². The molecular weight excluding hydrogens is 349 g/mol. The van der Waals surface area contributed by atoms with E-state index < -0.39 is 11.7 Å². The highest BCUT2D eigenvalue weighted by molar-refractivity contribution is 5.96. The van der Waals surface area contributed by atoms with E-state index in [4.69, 9.17) is 0 Å². The molecule has 0 fully saturated rings. The van der Waals surface area contributed by atoms with Gasteiger partial charge in [-0.3, -0.25) is 14.7 Å². The third-order valence-electron chi connectivity index (χ3n) is 4.29. The van der Waals surface area contributed by atoms with Crippen molar-refractivity contribution in [1.82, 2.24) is 20.0 Å². The highest BCUT2D eigenvalue weighted by Gasteiger charge is 2.31. The predicted molar refractivity (Wildman–Crippen MR) is 86.5 cm³/mol. The number of hydrogen-bond acceptors (Lipinski definition) is 3. The Labute approximate surface area is 147 Å². The molecule has 0 spiro atoms. The second kappa shape index (κ2) is 6.47. The number of aromatic amines is 1. The van der Waals surface area contributed by atoms with E-state index in [1.54, 1.807) is 14.1 Å². The first-order valence-electron chi connectivity index (χ1n) is 7.92. The van der Waals surface area contributed by atoms with Gasteiger partial charge in [0.1, 0.15) is 0 Å². The SMILES string of the molecule is CN(C)C(=O)c1n[nH]c2c1CN(C(=O)c1ccc(C(F)(F)F)cc1)CC2. The van der Waals surface area contributed by atoms with Crippen LogP contribution in [0.15, 0.2) is 24.3 Å². The molecule has 2 amide bonds. The van der Waals surface area contributed by atoms with Gasteiger partial charge >= 0.3 is 6.18 Å². The van der Waals surface area contributed by atoms with E-state index >= 15 is 0 Å². The second-order valence-corrected chi connectivity index (χ2v) is 6.28.